The summed E-state index contributed by atoms with van der Waals surface area (Å²) in [5, 5.41) is 5.25. The Balaban J connectivity index is 2.41. The van der Waals surface area contributed by atoms with E-state index in [-0.39, 0.29) is 11.9 Å². The van der Waals surface area contributed by atoms with Gasteiger partial charge < -0.3 is 5.32 Å². The largest absolute Gasteiger partial charge is 0.348 e. The number of carbonyl (C=O) groups is 1. The zero-order valence-corrected chi connectivity index (χ0v) is 9.98. The maximum absolute atomic E-state index is 10.8. The lowest BCUT2D eigenvalue weighted by molar-refractivity contribution is -0.119. The number of hydrogen-bond donors (Lipinski definition) is 1. The summed E-state index contributed by atoms with van der Waals surface area (Å²) in [7, 11) is 0. The van der Waals surface area contributed by atoms with Crippen LogP contribution in [0.15, 0.2) is 29.4 Å². The van der Waals surface area contributed by atoms with Gasteiger partial charge >= 0.3 is 0 Å². The number of nitrogens with one attached hydrogen (secondary N) is 1. The molecule has 0 saturated heterocycles. The second-order valence-corrected chi connectivity index (χ2v) is 4.23. The molecule has 1 aromatic heterocycles. The fourth-order valence-corrected chi connectivity index (χ4v) is 2.11. The summed E-state index contributed by atoms with van der Waals surface area (Å²) in [4.78, 5) is 15.0. The van der Waals surface area contributed by atoms with Gasteiger partial charge in [-0.2, -0.15) is 0 Å². The average Bonchev–Trinajstić information content (AvgIpc) is 2.25. The van der Waals surface area contributed by atoms with Gasteiger partial charge in [-0.3, -0.25) is 4.79 Å². The number of nitrogens with zero attached hydrogens (tertiary/aromatic N) is 1. The van der Waals surface area contributed by atoms with E-state index in [1.807, 2.05) is 18.2 Å². The fraction of sp³-hybridized carbons (Fsp3) is 0.300. The van der Waals surface area contributed by atoms with E-state index in [0.29, 0.717) is 5.75 Å². The molecule has 0 bridgehead atoms. The molecule has 1 N–H and O–H groups in total. The maximum Gasteiger partial charge on any atom is 0.217 e. The summed E-state index contributed by atoms with van der Waals surface area (Å²) < 4.78 is 0. The van der Waals surface area contributed by atoms with Gasteiger partial charge in [0.05, 0.1) is 11.1 Å². The molecule has 5 heteroatoms. The first-order chi connectivity index (χ1) is 7.22. The van der Waals surface area contributed by atoms with Gasteiger partial charge in [-0.15, -0.1) is 11.8 Å². The third-order valence-corrected chi connectivity index (χ3v) is 2.99. The molecule has 1 atom stereocenters. The molecular formula is C10H12N2OS2. The Morgan fingerprint density at radius 1 is 1.73 bits per heavy atom. The van der Waals surface area contributed by atoms with Gasteiger partial charge in [0, 0.05) is 24.2 Å². The Labute approximate surface area is 98.7 Å². The smallest absolute Gasteiger partial charge is 0.217 e. The molecule has 0 aliphatic heterocycles. The summed E-state index contributed by atoms with van der Waals surface area (Å²) >= 11 is 6.41. The summed E-state index contributed by atoms with van der Waals surface area (Å²) in [5.41, 5.74) is 0. The first kappa shape index (κ1) is 12.1. The van der Waals surface area contributed by atoms with Crippen LogP contribution in [0, 0.1) is 0 Å². The van der Waals surface area contributed by atoms with Gasteiger partial charge in [0.25, 0.3) is 0 Å². The van der Waals surface area contributed by atoms with Gasteiger partial charge in [-0.05, 0) is 12.1 Å². The molecule has 15 heavy (non-hydrogen) atoms. The number of thiocarbonyl (C=S) groups is 1. The molecular weight excluding hydrogens is 228 g/mol. The predicted octanol–water partition coefficient (Wildman–Crippen LogP) is 1.68. The van der Waals surface area contributed by atoms with Gasteiger partial charge in [0.2, 0.25) is 5.91 Å². The molecule has 1 heterocycles. The second-order valence-electron chi connectivity index (χ2n) is 2.92. The molecule has 1 amide bonds. The van der Waals surface area contributed by atoms with Crippen molar-refractivity contribution in [3.05, 3.63) is 24.4 Å². The number of rotatable bonds is 5. The third kappa shape index (κ3) is 4.90. The van der Waals surface area contributed by atoms with Crippen molar-refractivity contribution in [1.29, 1.82) is 0 Å². The molecule has 0 radical (unpaired) electrons. The molecule has 1 rings (SSSR count). The van der Waals surface area contributed by atoms with Gasteiger partial charge in [-0.25, -0.2) is 4.98 Å². The molecule has 0 aliphatic rings. The normalized spacial score (nSPS) is 11.8. The molecule has 0 saturated carbocycles. The lowest BCUT2D eigenvalue weighted by Gasteiger charge is -2.11. The molecule has 0 fully saturated rings. The third-order valence-electron chi connectivity index (χ3n) is 1.60. The number of aromatic nitrogens is 1. The summed E-state index contributed by atoms with van der Waals surface area (Å²) in [6, 6.07) is 5.65. The molecule has 1 unspecified atom stereocenters. The zero-order chi connectivity index (χ0) is 11.1. The predicted molar refractivity (Wildman–Crippen MR) is 66.2 cm³/mol. The Hall–Kier alpha value is -0.940. The quantitative estimate of drug-likeness (QED) is 0.628. The van der Waals surface area contributed by atoms with E-state index in [1.165, 1.54) is 6.92 Å². The Kier molecular flexibility index (Phi) is 5.28. The fourth-order valence-electron chi connectivity index (χ4n) is 0.984. The lowest BCUT2D eigenvalue weighted by Crippen LogP contribution is -2.35. The van der Waals surface area contributed by atoms with Crippen molar-refractivity contribution >= 4 is 35.3 Å². The van der Waals surface area contributed by atoms with Gasteiger partial charge in [-0.1, -0.05) is 18.3 Å². The molecule has 1 aromatic rings. The van der Waals surface area contributed by atoms with Crippen LogP contribution in [0.5, 0.6) is 0 Å². The second kappa shape index (κ2) is 6.53. The van der Waals surface area contributed by atoms with Crippen LogP contribution in [-0.2, 0) is 4.79 Å². The van der Waals surface area contributed by atoms with Gasteiger partial charge in [0.15, 0.2) is 0 Å². The van der Waals surface area contributed by atoms with Crippen LogP contribution in [0.2, 0.25) is 0 Å². The number of thioether (sulfide) groups is 1. The van der Waals surface area contributed by atoms with E-state index in [0.717, 1.165) is 5.03 Å². The standard InChI is InChI=1S/C10H12N2OS2/c1-8(13)12-9(6-14)7-15-10-4-2-3-5-11-10/h2-6,9H,7H2,1H3,(H,12,13). The van der Waals surface area contributed by atoms with Crippen LogP contribution >= 0.6 is 24.0 Å². The van der Waals surface area contributed by atoms with E-state index >= 15 is 0 Å². The summed E-state index contributed by atoms with van der Waals surface area (Å²) in [5.74, 6) is 0.642. The van der Waals surface area contributed by atoms with Crippen molar-refractivity contribution < 1.29 is 4.79 Å². The Bertz CT molecular complexity index is 329. The highest BCUT2D eigenvalue weighted by atomic mass is 32.2. The molecule has 0 spiro atoms. The van der Waals surface area contributed by atoms with E-state index in [1.54, 1.807) is 23.3 Å². The van der Waals surface area contributed by atoms with Crippen LogP contribution in [0.4, 0.5) is 0 Å². The first-order valence-electron chi connectivity index (χ1n) is 4.48. The van der Waals surface area contributed by atoms with Crippen molar-refractivity contribution in [3.63, 3.8) is 0 Å². The lowest BCUT2D eigenvalue weighted by atomic mass is 10.4. The van der Waals surface area contributed by atoms with Crippen LogP contribution in [0.3, 0.4) is 0 Å². The Morgan fingerprint density at radius 2 is 2.53 bits per heavy atom. The van der Waals surface area contributed by atoms with Crippen molar-refractivity contribution in [2.45, 2.75) is 18.0 Å². The molecule has 80 valence electrons. The van der Waals surface area contributed by atoms with Crippen LogP contribution in [0.25, 0.3) is 0 Å². The number of carbonyl (C=O) groups excluding carboxylic acids is 1. The van der Waals surface area contributed by atoms with Crippen molar-refractivity contribution in [1.82, 2.24) is 10.3 Å². The SMILES string of the molecule is CC(=O)NC(C=S)CSc1ccccn1. The minimum Gasteiger partial charge on any atom is -0.348 e. The average molecular weight is 240 g/mol. The van der Waals surface area contributed by atoms with Gasteiger partial charge in [0.1, 0.15) is 0 Å². The van der Waals surface area contributed by atoms with E-state index in [4.69, 9.17) is 12.2 Å². The number of hydrogen-bond acceptors (Lipinski definition) is 4. The summed E-state index contributed by atoms with van der Waals surface area (Å²) in [6.07, 6.45) is 1.74. The van der Waals surface area contributed by atoms with Crippen molar-refractivity contribution in [3.8, 4) is 0 Å². The zero-order valence-electron chi connectivity index (χ0n) is 8.34. The van der Waals surface area contributed by atoms with Crippen molar-refractivity contribution in [2.24, 2.45) is 0 Å². The number of amides is 1. The molecule has 3 nitrogen and oxygen atoms in total. The maximum atomic E-state index is 10.8. The van der Waals surface area contributed by atoms with Crippen LogP contribution in [-0.4, -0.2) is 28.1 Å². The monoisotopic (exact) mass is 240 g/mol. The van der Waals surface area contributed by atoms with Crippen LogP contribution in [0.1, 0.15) is 6.92 Å². The van der Waals surface area contributed by atoms with E-state index in [9.17, 15) is 4.79 Å². The first-order valence-corrected chi connectivity index (χ1v) is 5.94. The topological polar surface area (TPSA) is 42.0 Å². The molecule has 0 aliphatic carbocycles. The van der Waals surface area contributed by atoms with E-state index in [2.05, 4.69) is 10.3 Å². The molecule has 0 aromatic carbocycles. The Morgan fingerprint density at radius 3 is 3.07 bits per heavy atom. The highest BCUT2D eigenvalue weighted by Crippen LogP contribution is 2.14. The van der Waals surface area contributed by atoms with Crippen molar-refractivity contribution in [2.75, 3.05) is 5.75 Å². The number of pyridine rings is 1. The highest BCUT2D eigenvalue weighted by molar-refractivity contribution is 7.99. The minimum absolute atomic E-state index is 0.0669. The van der Waals surface area contributed by atoms with E-state index < -0.39 is 0 Å². The highest BCUT2D eigenvalue weighted by Gasteiger charge is 2.06. The summed E-state index contributed by atoms with van der Waals surface area (Å²) in [6.45, 7) is 1.48. The van der Waals surface area contributed by atoms with Crippen LogP contribution < -0.4 is 5.32 Å². The minimum atomic E-state index is -0.0792.